The molecule has 10 heteroatoms. The number of anilines is 1. The molecular formula is C13H13N7OS2. The van der Waals surface area contributed by atoms with Gasteiger partial charge in [0.1, 0.15) is 5.01 Å². The highest BCUT2D eigenvalue weighted by Gasteiger charge is 2.11. The molecule has 2 heterocycles. The molecule has 0 aliphatic carbocycles. The fourth-order valence-electron chi connectivity index (χ4n) is 1.76. The van der Waals surface area contributed by atoms with Crippen LogP contribution in [0.15, 0.2) is 35.5 Å². The van der Waals surface area contributed by atoms with E-state index in [-0.39, 0.29) is 5.91 Å². The molecule has 1 amide bonds. The zero-order chi connectivity index (χ0) is 16.1. The summed E-state index contributed by atoms with van der Waals surface area (Å²) >= 11 is 2.78. The van der Waals surface area contributed by atoms with Crippen molar-refractivity contribution in [3.8, 4) is 5.69 Å². The maximum absolute atomic E-state index is 11.9. The van der Waals surface area contributed by atoms with Crippen LogP contribution in [0.2, 0.25) is 0 Å². The van der Waals surface area contributed by atoms with E-state index in [0.29, 0.717) is 22.5 Å². The molecule has 8 nitrogen and oxygen atoms in total. The smallest absolute Gasteiger partial charge is 0.227 e. The van der Waals surface area contributed by atoms with Crippen molar-refractivity contribution in [2.75, 3.05) is 11.1 Å². The number of aryl methyl sites for hydroxylation is 1. The number of rotatable bonds is 6. The molecule has 0 fully saturated rings. The van der Waals surface area contributed by atoms with Crippen LogP contribution in [0.1, 0.15) is 11.4 Å². The molecule has 3 rings (SSSR count). The Morgan fingerprint density at radius 3 is 2.83 bits per heavy atom. The highest BCUT2D eigenvalue weighted by molar-refractivity contribution is 7.99. The number of amides is 1. The third-order valence-corrected chi connectivity index (χ3v) is 4.45. The molecule has 0 saturated carbocycles. The minimum atomic E-state index is -0.104. The van der Waals surface area contributed by atoms with Gasteiger partial charge in [0.25, 0.3) is 0 Å². The lowest BCUT2D eigenvalue weighted by atomic mass is 10.3. The first-order valence-electron chi connectivity index (χ1n) is 6.79. The van der Waals surface area contributed by atoms with Crippen molar-refractivity contribution in [3.05, 3.63) is 35.3 Å². The van der Waals surface area contributed by atoms with Crippen LogP contribution in [0.5, 0.6) is 0 Å². The summed E-state index contributed by atoms with van der Waals surface area (Å²) in [6.07, 6.45) is 0.338. The van der Waals surface area contributed by atoms with E-state index in [1.165, 1.54) is 23.1 Å². The van der Waals surface area contributed by atoms with Gasteiger partial charge in [-0.3, -0.25) is 4.79 Å². The summed E-state index contributed by atoms with van der Waals surface area (Å²) in [5.41, 5.74) is 0.883. The first-order valence-corrected chi connectivity index (χ1v) is 8.59. The van der Waals surface area contributed by atoms with Crippen molar-refractivity contribution in [2.45, 2.75) is 18.5 Å². The number of carbonyl (C=O) groups is 1. The first kappa shape index (κ1) is 15.6. The molecule has 1 N–H and O–H groups in total. The molecule has 0 aliphatic heterocycles. The first-order chi connectivity index (χ1) is 11.2. The SMILES string of the molecule is Cc1nnc(NC(=O)CCSc2nnnn2-c2ccccc2)s1. The van der Waals surface area contributed by atoms with Crippen LogP contribution in [-0.2, 0) is 4.79 Å². The maximum Gasteiger partial charge on any atom is 0.227 e. The lowest BCUT2D eigenvalue weighted by molar-refractivity contribution is -0.115. The predicted octanol–water partition coefficient (Wildman–Crippen LogP) is 1.94. The number of nitrogens with one attached hydrogen (secondary N) is 1. The van der Waals surface area contributed by atoms with Crippen LogP contribution in [0.3, 0.4) is 0 Å². The predicted molar refractivity (Wildman–Crippen MR) is 87.8 cm³/mol. The van der Waals surface area contributed by atoms with E-state index >= 15 is 0 Å². The number of carbonyl (C=O) groups excluding carboxylic acids is 1. The zero-order valence-corrected chi connectivity index (χ0v) is 13.8. The molecule has 2 aromatic heterocycles. The summed E-state index contributed by atoms with van der Waals surface area (Å²) in [7, 11) is 0. The van der Waals surface area contributed by atoms with Gasteiger partial charge in [-0.2, -0.15) is 4.68 Å². The third-order valence-electron chi connectivity index (χ3n) is 2.77. The Morgan fingerprint density at radius 1 is 1.26 bits per heavy atom. The molecule has 1 aromatic carbocycles. The van der Waals surface area contributed by atoms with Gasteiger partial charge < -0.3 is 5.32 Å². The largest absolute Gasteiger partial charge is 0.301 e. The van der Waals surface area contributed by atoms with E-state index in [1.54, 1.807) is 4.68 Å². The van der Waals surface area contributed by atoms with Gasteiger partial charge in [0.15, 0.2) is 0 Å². The molecule has 3 aromatic rings. The highest BCUT2D eigenvalue weighted by atomic mass is 32.2. The fraction of sp³-hybridized carbons (Fsp3) is 0.231. The van der Waals surface area contributed by atoms with Crippen molar-refractivity contribution >= 4 is 34.1 Å². The molecule has 0 radical (unpaired) electrons. The number of hydrogen-bond donors (Lipinski definition) is 1. The Bertz CT molecular complexity index is 786. The van der Waals surface area contributed by atoms with Crippen molar-refractivity contribution in [3.63, 3.8) is 0 Å². The van der Waals surface area contributed by atoms with Gasteiger partial charge in [-0.25, -0.2) is 0 Å². The number of para-hydroxylation sites is 1. The zero-order valence-electron chi connectivity index (χ0n) is 12.2. The summed E-state index contributed by atoms with van der Waals surface area (Å²) in [4.78, 5) is 11.9. The summed E-state index contributed by atoms with van der Waals surface area (Å²) in [6, 6.07) is 9.61. The normalized spacial score (nSPS) is 10.7. The molecular weight excluding hydrogens is 334 g/mol. The van der Waals surface area contributed by atoms with Crippen molar-refractivity contribution in [1.29, 1.82) is 0 Å². The molecule has 0 atom stereocenters. The maximum atomic E-state index is 11.9. The molecule has 0 saturated heterocycles. The molecule has 118 valence electrons. The molecule has 0 spiro atoms. The van der Waals surface area contributed by atoms with Crippen molar-refractivity contribution in [2.24, 2.45) is 0 Å². The van der Waals surface area contributed by atoms with Gasteiger partial charge >= 0.3 is 0 Å². The second-order valence-corrected chi connectivity index (χ2v) is 6.73. The number of nitrogens with zero attached hydrogens (tertiary/aromatic N) is 6. The Kier molecular flexibility index (Phi) is 4.93. The topological polar surface area (TPSA) is 98.5 Å². The molecule has 23 heavy (non-hydrogen) atoms. The number of thioether (sulfide) groups is 1. The van der Waals surface area contributed by atoms with Crippen molar-refractivity contribution in [1.82, 2.24) is 30.4 Å². The Balaban J connectivity index is 1.53. The van der Waals surface area contributed by atoms with Crippen LogP contribution in [0.25, 0.3) is 5.69 Å². The number of aromatic nitrogens is 6. The summed E-state index contributed by atoms with van der Waals surface area (Å²) in [6.45, 7) is 1.84. The Hall–Kier alpha value is -2.33. The standard InChI is InChI=1S/C13H13N7OS2/c1-9-15-16-12(23-9)14-11(21)7-8-22-13-17-18-19-20(13)10-5-3-2-4-6-10/h2-6H,7-8H2,1H3,(H,14,16,21). The van der Waals surface area contributed by atoms with Gasteiger partial charge in [-0.15, -0.1) is 15.3 Å². The van der Waals surface area contributed by atoms with E-state index in [1.807, 2.05) is 37.3 Å². The van der Waals surface area contributed by atoms with Crippen LogP contribution >= 0.6 is 23.1 Å². The summed E-state index contributed by atoms with van der Waals surface area (Å²) in [5, 5.41) is 24.1. The molecule has 0 aliphatic rings. The van der Waals surface area contributed by atoms with E-state index in [4.69, 9.17) is 0 Å². The third kappa shape index (κ3) is 4.11. The average Bonchev–Trinajstić information content (AvgIpc) is 3.17. The second kappa shape index (κ2) is 7.29. The van der Waals surface area contributed by atoms with Crippen LogP contribution in [0.4, 0.5) is 5.13 Å². The number of hydrogen-bond acceptors (Lipinski definition) is 8. The number of benzene rings is 1. The lowest BCUT2D eigenvalue weighted by Gasteiger charge is -2.03. The Morgan fingerprint density at radius 2 is 2.09 bits per heavy atom. The monoisotopic (exact) mass is 347 g/mol. The van der Waals surface area contributed by atoms with E-state index < -0.39 is 0 Å². The van der Waals surface area contributed by atoms with Gasteiger partial charge in [0.2, 0.25) is 16.2 Å². The minimum Gasteiger partial charge on any atom is -0.301 e. The summed E-state index contributed by atoms with van der Waals surface area (Å²) < 4.78 is 1.65. The average molecular weight is 347 g/mol. The van der Waals surface area contributed by atoms with Gasteiger partial charge in [-0.05, 0) is 29.5 Å². The van der Waals surface area contributed by atoms with Crippen molar-refractivity contribution < 1.29 is 4.79 Å². The molecule has 0 bridgehead atoms. The van der Waals surface area contributed by atoms with Crippen LogP contribution in [-0.4, -0.2) is 42.1 Å². The minimum absolute atomic E-state index is 0.104. The second-order valence-electron chi connectivity index (χ2n) is 4.48. The van der Waals surface area contributed by atoms with E-state index in [9.17, 15) is 4.79 Å². The lowest BCUT2D eigenvalue weighted by Crippen LogP contribution is -2.12. The van der Waals surface area contributed by atoms with E-state index in [0.717, 1.165) is 10.7 Å². The van der Waals surface area contributed by atoms with Gasteiger partial charge in [0.05, 0.1) is 5.69 Å². The number of tetrazole rings is 1. The fourth-order valence-corrected chi connectivity index (χ4v) is 3.20. The van der Waals surface area contributed by atoms with Gasteiger partial charge in [0, 0.05) is 12.2 Å². The van der Waals surface area contributed by atoms with Crippen LogP contribution < -0.4 is 5.32 Å². The highest BCUT2D eigenvalue weighted by Crippen LogP contribution is 2.19. The van der Waals surface area contributed by atoms with Gasteiger partial charge in [-0.1, -0.05) is 41.3 Å². The summed E-state index contributed by atoms with van der Waals surface area (Å²) in [5.74, 6) is 0.462. The Labute approximate surface area is 140 Å². The molecule has 0 unspecified atom stereocenters. The van der Waals surface area contributed by atoms with E-state index in [2.05, 4.69) is 31.0 Å². The quantitative estimate of drug-likeness (QED) is 0.680. The van der Waals surface area contributed by atoms with Crippen LogP contribution in [0, 0.1) is 6.92 Å².